The zero-order valence-electron chi connectivity index (χ0n) is 7.58. The number of hydrogen-bond acceptors (Lipinski definition) is 3. The maximum absolute atomic E-state index is 10.7. The molecular formula is C9H13NO3. The average Bonchev–Trinajstić information content (AvgIpc) is 2.13. The maximum Gasteiger partial charge on any atom is 0.330 e. The summed E-state index contributed by atoms with van der Waals surface area (Å²) in [7, 11) is 0. The van der Waals surface area contributed by atoms with Crippen molar-refractivity contribution in [3.05, 3.63) is 25.3 Å². The molecule has 1 amide bonds. The largest absolute Gasteiger partial charge is 0.460 e. The first-order chi connectivity index (χ1) is 6.10. The van der Waals surface area contributed by atoms with Crippen LogP contribution in [0.25, 0.3) is 0 Å². The minimum absolute atomic E-state index is 0.129. The third-order valence-corrected chi connectivity index (χ3v) is 1.22. The Morgan fingerprint density at radius 2 is 2.08 bits per heavy atom. The quantitative estimate of drug-likeness (QED) is 0.496. The fourth-order valence-electron chi connectivity index (χ4n) is 0.610. The molecule has 0 radical (unpaired) electrons. The van der Waals surface area contributed by atoms with Crippen LogP contribution in [-0.4, -0.2) is 24.5 Å². The molecule has 0 aliphatic carbocycles. The maximum atomic E-state index is 10.7. The van der Waals surface area contributed by atoms with Gasteiger partial charge in [0.15, 0.2) is 0 Å². The van der Waals surface area contributed by atoms with Crippen molar-refractivity contribution in [2.45, 2.75) is 13.0 Å². The van der Waals surface area contributed by atoms with Crippen molar-refractivity contribution < 1.29 is 14.3 Å². The van der Waals surface area contributed by atoms with Gasteiger partial charge in [-0.1, -0.05) is 13.2 Å². The zero-order chi connectivity index (χ0) is 10.3. The molecule has 0 rings (SSSR count). The molecule has 0 saturated heterocycles. The van der Waals surface area contributed by atoms with Crippen LogP contribution in [0.1, 0.15) is 6.92 Å². The molecule has 4 heteroatoms. The van der Waals surface area contributed by atoms with Crippen LogP contribution in [0.15, 0.2) is 25.3 Å². The fraction of sp³-hybridized carbons (Fsp3) is 0.333. The Kier molecular flexibility index (Phi) is 5.27. The van der Waals surface area contributed by atoms with Crippen LogP contribution < -0.4 is 5.32 Å². The SMILES string of the molecule is C=CC(=O)NC(C)COC(=O)C=C. The van der Waals surface area contributed by atoms with Crippen molar-refractivity contribution >= 4 is 11.9 Å². The minimum atomic E-state index is -0.500. The number of ether oxygens (including phenoxy) is 1. The molecule has 0 aliphatic rings. The van der Waals surface area contributed by atoms with Gasteiger partial charge < -0.3 is 10.1 Å². The van der Waals surface area contributed by atoms with E-state index in [1.165, 1.54) is 0 Å². The summed E-state index contributed by atoms with van der Waals surface area (Å²) < 4.78 is 4.69. The van der Waals surface area contributed by atoms with Crippen LogP contribution in [-0.2, 0) is 14.3 Å². The monoisotopic (exact) mass is 183 g/mol. The van der Waals surface area contributed by atoms with E-state index in [0.29, 0.717) is 0 Å². The summed E-state index contributed by atoms with van der Waals surface area (Å²) in [5.74, 6) is -0.790. The van der Waals surface area contributed by atoms with Crippen LogP contribution in [0.4, 0.5) is 0 Å². The molecule has 72 valence electrons. The van der Waals surface area contributed by atoms with Gasteiger partial charge in [-0.2, -0.15) is 0 Å². The first-order valence-electron chi connectivity index (χ1n) is 3.82. The molecule has 0 saturated carbocycles. The molecule has 0 aromatic heterocycles. The average molecular weight is 183 g/mol. The number of amides is 1. The summed E-state index contributed by atoms with van der Waals surface area (Å²) in [6.45, 7) is 8.38. The lowest BCUT2D eigenvalue weighted by molar-refractivity contribution is -0.138. The predicted molar refractivity (Wildman–Crippen MR) is 49.0 cm³/mol. The van der Waals surface area contributed by atoms with Crippen LogP contribution >= 0.6 is 0 Å². The van der Waals surface area contributed by atoms with Crippen molar-refractivity contribution in [1.29, 1.82) is 0 Å². The summed E-state index contributed by atoms with van der Waals surface area (Å²) in [5, 5.41) is 2.54. The van der Waals surface area contributed by atoms with Crippen molar-refractivity contribution in [3.63, 3.8) is 0 Å². The topological polar surface area (TPSA) is 55.4 Å². The van der Waals surface area contributed by atoms with E-state index in [0.717, 1.165) is 12.2 Å². The summed E-state index contributed by atoms with van der Waals surface area (Å²) in [5.41, 5.74) is 0. The Balaban J connectivity index is 3.68. The molecule has 0 aromatic carbocycles. The van der Waals surface area contributed by atoms with Gasteiger partial charge in [-0.3, -0.25) is 4.79 Å². The Labute approximate surface area is 77.3 Å². The number of esters is 1. The summed E-state index contributed by atoms with van der Waals surface area (Å²) in [6, 6.07) is -0.227. The summed E-state index contributed by atoms with van der Waals surface area (Å²) in [6.07, 6.45) is 2.23. The van der Waals surface area contributed by atoms with E-state index in [-0.39, 0.29) is 18.6 Å². The highest BCUT2D eigenvalue weighted by Gasteiger charge is 2.05. The number of hydrogen-bond donors (Lipinski definition) is 1. The van der Waals surface area contributed by atoms with Crippen molar-refractivity contribution in [3.8, 4) is 0 Å². The molecule has 1 unspecified atom stereocenters. The predicted octanol–water partition coefficient (Wildman–Crippen LogP) is 0.406. The van der Waals surface area contributed by atoms with Gasteiger partial charge in [0.2, 0.25) is 5.91 Å². The van der Waals surface area contributed by atoms with Crippen molar-refractivity contribution in [2.75, 3.05) is 6.61 Å². The third kappa shape index (κ3) is 5.66. The molecule has 0 fully saturated rings. The van der Waals surface area contributed by atoms with E-state index in [4.69, 9.17) is 4.74 Å². The van der Waals surface area contributed by atoms with Crippen LogP contribution in [0.2, 0.25) is 0 Å². The second kappa shape index (κ2) is 5.99. The Hall–Kier alpha value is -1.58. The van der Waals surface area contributed by atoms with Gasteiger partial charge in [0.25, 0.3) is 0 Å². The standard InChI is InChI=1S/C9H13NO3/c1-4-8(11)10-7(3)6-13-9(12)5-2/h4-5,7H,1-2,6H2,3H3,(H,10,11). The molecule has 0 bridgehead atoms. The first kappa shape index (κ1) is 11.4. The van der Waals surface area contributed by atoms with Crippen LogP contribution in [0.5, 0.6) is 0 Å². The molecule has 13 heavy (non-hydrogen) atoms. The number of carbonyl (C=O) groups is 2. The van der Waals surface area contributed by atoms with Crippen molar-refractivity contribution in [2.24, 2.45) is 0 Å². The summed E-state index contributed by atoms with van der Waals surface area (Å²) in [4.78, 5) is 21.3. The fourth-order valence-corrected chi connectivity index (χ4v) is 0.610. The van der Waals surface area contributed by atoms with E-state index >= 15 is 0 Å². The van der Waals surface area contributed by atoms with E-state index in [1.54, 1.807) is 6.92 Å². The number of rotatable bonds is 5. The summed E-state index contributed by atoms with van der Waals surface area (Å²) >= 11 is 0. The second-order valence-electron chi connectivity index (χ2n) is 2.45. The van der Waals surface area contributed by atoms with Gasteiger partial charge >= 0.3 is 5.97 Å². The molecule has 1 atom stereocenters. The minimum Gasteiger partial charge on any atom is -0.460 e. The van der Waals surface area contributed by atoms with E-state index in [9.17, 15) is 9.59 Å². The van der Waals surface area contributed by atoms with Gasteiger partial charge in [-0.05, 0) is 13.0 Å². The molecule has 0 heterocycles. The molecule has 4 nitrogen and oxygen atoms in total. The number of carbonyl (C=O) groups excluding carboxylic acids is 2. The second-order valence-corrected chi connectivity index (χ2v) is 2.45. The third-order valence-electron chi connectivity index (χ3n) is 1.22. The number of nitrogens with one attached hydrogen (secondary N) is 1. The lowest BCUT2D eigenvalue weighted by Crippen LogP contribution is -2.35. The Morgan fingerprint density at radius 3 is 2.54 bits per heavy atom. The van der Waals surface area contributed by atoms with Crippen LogP contribution in [0, 0.1) is 0 Å². The van der Waals surface area contributed by atoms with E-state index < -0.39 is 5.97 Å². The van der Waals surface area contributed by atoms with Gasteiger partial charge in [-0.15, -0.1) is 0 Å². The highest BCUT2D eigenvalue weighted by Crippen LogP contribution is 1.86. The lowest BCUT2D eigenvalue weighted by atomic mass is 10.3. The highest BCUT2D eigenvalue weighted by atomic mass is 16.5. The smallest absolute Gasteiger partial charge is 0.330 e. The van der Waals surface area contributed by atoms with Gasteiger partial charge in [0.05, 0.1) is 6.04 Å². The Bertz CT molecular complexity index is 223. The Morgan fingerprint density at radius 1 is 1.46 bits per heavy atom. The molecular weight excluding hydrogens is 170 g/mol. The van der Waals surface area contributed by atoms with Gasteiger partial charge in [0, 0.05) is 6.08 Å². The molecule has 0 spiro atoms. The van der Waals surface area contributed by atoms with Gasteiger partial charge in [0.1, 0.15) is 6.61 Å². The van der Waals surface area contributed by atoms with Crippen molar-refractivity contribution in [1.82, 2.24) is 5.32 Å². The van der Waals surface area contributed by atoms with Gasteiger partial charge in [-0.25, -0.2) is 4.79 Å². The van der Waals surface area contributed by atoms with E-state index in [1.807, 2.05) is 0 Å². The molecule has 0 aliphatic heterocycles. The van der Waals surface area contributed by atoms with E-state index in [2.05, 4.69) is 18.5 Å². The lowest BCUT2D eigenvalue weighted by Gasteiger charge is -2.11. The molecule has 0 aromatic rings. The first-order valence-corrected chi connectivity index (χ1v) is 3.82. The normalized spacial score (nSPS) is 11.2. The highest BCUT2D eigenvalue weighted by molar-refractivity contribution is 5.87. The van der Waals surface area contributed by atoms with Crippen LogP contribution in [0.3, 0.4) is 0 Å². The zero-order valence-corrected chi connectivity index (χ0v) is 7.58. The molecule has 1 N–H and O–H groups in total.